The highest BCUT2D eigenvalue weighted by Gasteiger charge is 2.24. The second kappa shape index (κ2) is 11.8. The summed E-state index contributed by atoms with van der Waals surface area (Å²) >= 11 is 0. The molecule has 1 aliphatic carbocycles. The van der Waals surface area contributed by atoms with Gasteiger partial charge in [-0.15, -0.1) is 10.2 Å². The largest absolute Gasteiger partial charge is 0.321 e. The van der Waals surface area contributed by atoms with Gasteiger partial charge in [0.2, 0.25) is 5.82 Å². The highest BCUT2D eigenvalue weighted by Crippen LogP contribution is 2.35. The number of hydrogen-bond acceptors (Lipinski definition) is 5. The van der Waals surface area contributed by atoms with Gasteiger partial charge < -0.3 is 4.57 Å². The molecule has 1 fully saturated rings. The molecule has 5 aromatic rings. The van der Waals surface area contributed by atoms with Gasteiger partial charge in [0.05, 0.1) is 6.20 Å². The quantitative estimate of drug-likeness (QED) is 0.183. The molecule has 0 saturated heterocycles. The standard InChI is InChI=1S/C33H34N6O/c1-2-3-12-32-34-21-30(31(40)19-23-8-7-9-23)39(32)22-24-13-15-26(16-14-24)29-20-27(25-10-5-4-6-11-25)17-18-28(29)33-35-37-38-36-33/h4-6,10-11,13-18,20-21,23H,2-3,7-9,12,19,22H2,1H3,(H,35,36,37,38). The summed E-state index contributed by atoms with van der Waals surface area (Å²) in [4.78, 5) is 17.9. The molecule has 1 saturated carbocycles. The van der Waals surface area contributed by atoms with Crippen LogP contribution in [0.15, 0.2) is 79.0 Å². The van der Waals surface area contributed by atoms with Crippen molar-refractivity contribution in [2.75, 3.05) is 0 Å². The number of benzene rings is 3. The fourth-order valence-corrected chi connectivity index (χ4v) is 5.45. The molecule has 3 aromatic carbocycles. The number of hydrogen-bond donors (Lipinski definition) is 1. The first-order valence-electron chi connectivity index (χ1n) is 14.3. The fraction of sp³-hybridized carbons (Fsp3) is 0.303. The van der Waals surface area contributed by atoms with Crippen molar-refractivity contribution in [3.05, 3.63) is 96.1 Å². The molecule has 1 aliphatic rings. The molecular formula is C33H34N6O. The van der Waals surface area contributed by atoms with E-state index in [9.17, 15) is 4.79 Å². The normalized spacial score (nSPS) is 13.3. The van der Waals surface area contributed by atoms with E-state index in [1.807, 2.05) is 18.2 Å². The lowest BCUT2D eigenvalue weighted by Gasteiger charge is -2.24. The van der Waals surface area contributed by atoms with Gasteiger partial charge in [0.25, 0.3) is 0 Å². The molecule has 202 valence electrons. The Morgan fingerprint density at radius 1 is 0.950 bits per heavy atom. The second-order valence-corrected chi connectivity index (χ2v) is 10.7. The summed E-state index contributed by atoms with van der Waals surface area (Å²) in [6.07, 6.45) is 9.05. The van der Waals surface area contributed by atoms with Gasteiger partial charge >= 0.3 is 0 Å². The first-order chi connectivity index (χ1) is 19.7. The van der Waals surface area contributed by atoms with Crippen molar-refractivity contribution < 1.29 is 4.79 Å². The van der Waals surface area contributed by atoms with Crippen molar-refractivity contribution >= 4 is 5.78 Å². The average molecular weight is 531 g/mol. The fourth-order valence-electron chi connectivity index (χ4n) is 5.45. The maximum absolute atomic E-state index is 13.2. The number of nitrogens with one attached hydrogen (secondary N) is 1. The summed E-state index contributed by atoms with van der Waals surface area (Å²) in [6.45, 7) is 2.82. The van der Waals surface area contributed by atoms with Crippen molar-refractivity contribution in [2.24, 2.45) is 5.92 Å². The molecule has 0 aliphatic heterocycles. The van der Waals surface area contributed by atoms with E-state index in [0.29, 0.717) is 24.7 Å². The minimum Gasteiger partial charge on any atom is -0.321 e. The number of Topliss-reactive ketones (excluding diaryl/α,β-unsaturated/α-hetero) is 1. The Bertz CT molecular complexity index is 1570. The van der Waals surface area contributed by atoms with Crippen LogP contribution in [0.1, 0.15) is 67.3 Å². The third-order valence-electron chi connectivity index (χ3n) is 8.00. The summed E-state index contributed by atoms with van der Waals surface area (Å²) in [7, 11) is 0. The highest BCUT2D eigenvalue weighted by atomic mass is 16.1. The van der Waals surface area contributed by atoms with Gasteiger partial charge in [-0.05, 0) is 57.5 Å². The number of aryl methyl sites for hydroxylation is 1. The molecule has 7 nitrogen and oxygen atoms in total. The number of aromatic amines is 1. The predicted octanol–water partition coefficient (Wildman–Crippen LogP) is 7.16. The van der Waals surface area contributed by atoms with Gasteiger partial charge in [-0.1, -0.05) is 93.3 Å². The van der Waals surface area contributed by atoms with Gasteiger partial charge in [0.1, 0.15) is 11.5 Å². The number of carbonyl (C=O) groups excluding carboxylic acids is 1. The summed E-state index contributed by atoms with van der Waals surface area (Å²) in [5.74, 6) is 2.32. The van der Waals surface area contributed by atoms with Crippen LogP contribution in [-0.4, -0.2) is 36.0 Å². The van der Waals surface area contributed by atoms with E-state index >= 15 is 0 Å². The minimum atomic E-state index is 0.221. The molecule has 6 rings (SSSR count). The lowest BCUT2D eigenvalue weighted by atomic mass is 9.81. The molecule has 0 unspecified atom stereocenters. The monoisotopic (exact) mass is 530 g/mol. The zero-order chi connectivity index (χ0) is 27.3. The van der Waals surface area contributed by atoms with Crippen LogP contribution in [0.25, 0.3) is 33.6 Å². The molecule has 0 spiro atoms. The van der Waals surface area contributed by atoms with Crippen molar-refractivity contribution in [1.29, 1.82) is 0 Å². The van der Waals surface area contributed by atoms with E-state index in [-0.39, 0.29) is 5.78 Å². The zero-order valence-corrected chi connectivity index (χ0v) is 22.9. The van der Waals surface area contributed by atoms with Crippen molar-refractivity contribution in [1.82, 2.24) is 30.2 Å². The first-order valence-corrected chi connectivity index (χ1v) is 14.3. The number of ketones is 1. The van der Waals surface area contributed by atoms with Crippen LogP contribution in [0, 0.1) is 5.92 Å². The van der Waals surface area contributed by atoms with Gasteiger partial charge in [-0.25, -0.2) is 4.98 Å². The van der Waals surface area contributed by atoms with Gasteiger partial charge in [0.15, 0.2) is 5.78 Å². The second-order valence-electron chi connectivity index (χ2n) is 10.7. The van der Waals surface area contributed by atoms with Crippen LogP contribution in [0.4, 0.5) is 0 Å². The molecule has 2 aromatic heterocycles. The van der Waals surface area contributed by atoms with Crippen LogP contribution >= 0.6 is 0 Å². The van der Waals surface area contributed by atoms with Crippen LogP contribution in [0.5, 0.6) is 0 Å². The predicted molar refractivity (Wildman–Crippen MR) is 157 cm³/mol. The Balaban J connectivity index is 1.31. The Kier molecular flexibility index (Phi) is 7.62. The Hall–Kier alpha value is -4.39. The number of imidazole rings is 1. The van der Waals surface area contributed by atoms with Crippen molar-refractivity contribution in [2.45, 2.75) is 58.4 Å². The summed E-state index contributed by atoms with van der Waals surface area (Å²) in [5, 5.41) is 14.8. The van der Waals surface area contributed by atoms with E-state index in [4.69, 9.17) is 0 Å². The third kappa shape index (κ3) is 5.50. The van der Waals surface area contributed by atoms with Crippen LogP contribution < -0.4 is 0 Å². The molecule has 0 bridgehead atoms. The minimum absolute atomic E-state index is 0.221. The molecule has 40 heavy (non-hydrogen) atoms. The van der Waals surface area contributed by atoms with Crippen molar-refractivity contribution in [3.8, 4) is 33.6 Å². The lowest BCUT2D eigenvalue weighted by molar-refractivity contribution is 0.0927. The van der Waals surface area contributed by atoms with Crippen LogP contribution in [0.3, 0.4) is 0 Å². The topological polar surface area (TPSA) is 89.4 Å². The molecule has 0 amide bonds. The van der Waals surface area contributed by atoms with E-state index in [1.54, 1.807) is 6.20 Å². The SMILES string of the molecule is CCCCc1ncc(C(=O)CC2CCC2)n1Cc1ccc(-c2cc(-c3ccccc3)ccc2-c2nn[nH]n2)cc1. The zero-order valence-electron chi connectivity index (χ0n) is 22.9. The highest BCUT2D eigenvalue weighted by molar-refractivity contribution is 5.94. The maximum Gasteiger partial charge on any atom is 0.205 e. The van der Waals surface area contributed by atoms with Gasteiger partial charge in [-0.3, -0.25) is 4.79 Å². The number of H-pyrrole nitrogens is 1. The maximum atomic E-state index is 13.2. The first kappa shape index (κ1) is 25.9. The number of tetrazole rings is 1. The Morgan fingerprint density at radius 2 is 1.75 bits per heavy atom. The molecule has 0 atom stereocenters. The average Bonchev–Trinajstić information content (AvgIpc) is 3.65. The summed E-state index contributed by atoms with van der Waals surface area (Å²) < 4.78 is 2.15. The smallest absolute Gasteiger partial charge is 0.205 e. The van der Waals surface area contributed by atoms with Gasteiger partial charge in [-0.2, -0.15) is 5.21 Å². The number of aromatic nitrogens is 6. The summed E-state index contributed by atoms with van der Waals surface area (Å²) in [6, 6.07) is 25.3. The number of carbonyl (C=O) groups is 1. The third-order valence-corrected chi connectivity index (χ3v) is 8.00. The van der Waals surface area contributed by atoms with Gasteiger partial charge in [0, 0.05) is 24.9 Å². The van der Waals surface area contributed by atoms with E-state index in [0.717, 1.165) is 64.2 Å². The van der Waals surface area contributed by atoms with E-state index < -0.39 is 0 Å². The number of rotatable bonds is 11. The van der Waals surface area contributed by atoms with E-state index in [2.05, 4.69) is 91.7 Å². The molecule has 7 heteroatoms. The number of nitrogens with zero attached hydrogens (tertiary/aromatic N) is 5. The Labute approximate surface area is 234 Å². The van der Waals surface area contributed by atoms with Crippen LogP contribution in [0.2, 0.25) is 0 Å². The molecule has 2 heterocycles. The van der Waals surface area contributed by atoms with Crippen LogP contribution in [-0.2, 0) is 13.0 Å². The number of unbranched alkanes of at least 4 members (excludes halogenated alkanes) is 1. The Morgan fingerprint density at radius 3 is 2.45 bits per heavy atom. The van der Waals surface area contributed by atoms with Crippen molar-refractivity contribution in [3.63, 3.8) is 0 Å². The van der Waals surface area contributed by atoms with E-state index in [1.165, 1.54) is 19.3 Å². The molecule has 1 N–H and O–H groups in total. The molecular weight excluding hydrogens is 496 g/mol. The summed E-state index contributed by atoms with van der Waals surface area (Å²) in [5.41, 5.74) is 7.19. The molecule has 0 radical (unpaired) electrons. The lowest BCUT2D eigenvalue weighted by Crippen LogP contribution is -2.19.